The van der Waals surface area contributed by atoms with Crippen molar-refractivity contribution in [3.8, 4) is 0 Å². The van der Waals surface area contributed by atoms with Crippen LogP contribution in [0.2, 0.25) is 0 Å². The van der Waals surface area contributed by atoms with Gasteiger partial charge in [-0.3, -0.25) is 15.0 Å². The number of hydrogen-bond acceptors (Lipinski definition) is 4. The van der Waals surface area contributed by atoms with E-state index in [4.69, 9.17) is 5.73 Å². The summed E-state index contributed by atoms with van der Waals surface area (Å²) in [5, 5.41) is 10.7. The van der Waals surface area contributed by atoms with Gasteiger partial charge in [0.25, 0.3) is 5.69 Å². The zero-order chi connectivity index (χ0) is 13.8. The Morgan fingerprint density at radius 2 is 2.05 bits per heavy atom. The van der Waals surface area contributed by atoms with Crippen LogP contribution in [-0.2, 0) is 0 Å². The van der Waals surface area contributed by atoms with Crippen LogP contribution >= 0.6 is 0 Å². The van der Waals surface area contributed by atoms with Crippen LogP contribution in [0.1, 0.15) is 37.8 Å². The Balaban J connectivity index is 2.27. The minimum atomic E-state index is -0.367. The molecule has 0 aromatic heterocycles. The number of nitro benzene ring substituents is 1. The van der Waals surface area contributed by atoms with Gasteiger partial charge in [0.1, 0.15) is 0 Å². The number of likely N-dealkylation sites (N-methyl/N-ethyl adjacent to an activating group) is 1. The minimum Gasteiger partial charge on any atom is -0.326 e. The Morgan fingerprint density at radius 1 is 1.37 bits per heavy atom. The van der Waals surface area contributed by atoms with E-state index in [2.05, 4.69) is 11.8 Å². The third kappa shape index (κ3) is 3.11. The SMILES string of the molecule is CCN1CCCCC(N)C1c1ccc([N+](=O)[O-])cc1. The van der Waals surface area contributed by atoms with E-state index in [-0.39, 0.29) is 22.7 Å². The van der Waals surface area contributed by atoms with Gasteiger partial charge in [-0.05, 0) is 31.5 Å². The highest BCUT2D eigenvalue weighted by atomic mass is 16.6. The number of rotatable bonds is 3. The maximum absolute atomic E-state index is 10.7. The largest absolute Gasteiger partial charge is 0.326 e. The van der Waals surface area contributed by atoms with Crippen LogP contribution in [0.15, 0.2) is 24.3 Å². The van der Waals surface area contributed by atoms with Crippen LogP contribution < -0.4 is 5.73 Å². The van der Waals surface area contributed by atoms with Crippen molar-refractivity contribution in [1.29, 1.82) is 0 Å². The van der Waals surface area contributed by atoms with Gasteiger partial charge in [0.05, 0.1) is 4.92 Å². The molecule has 2 unspecified atom stereocenters. The Hall–Kier alpha value is -1.46. The van der Waals surface area contributed by atoms with Crippen molar-refractivity contribution < 1.29 is 4.92 Å². The number of hydrogen-bond donors (Lipinski definition) is 1. The zero-order valence-corrected chi connectivity index (χ0v) is 11.3. The molecule has 19 heavy (non-hydrogen) atoms. The lowest BCUT2D eigenvalue weighted by atomic mass is 9.96. The summed E-state index contributed by atoms with van der Waals surface area (Å²) in [6.07, 6.45) is 3.34. The molecular weight excluding hydrogens is 242 g/mol. The topological polar surface area (TPSA) is 72.4 Å². The second-order valence-corrected chi connectivity index (χ2v) is 5.08. The number of likely N-dealkylation sites (tertiary alicyclic amines) is 1. The predicted octanol–water partition coefficient (Wildman–Crippen LogP) is 2.47. The van der Waals surface area contributed by atoms with Crippen LogP contribution in [0.3, 0.4) is 0 Å². The first-order chi connectivity index (χ1) is 9.13. The molecule has 1 saturated heterocycles. The Morgan fingerprint density at radius 3 is 2.63 bits per heavy atom. The molecule has 0 amide bonds. The predicted molar refractivity (Wildman–Crippen MR) is 74.9 cm³/mol. The smallest absolute Gasteiger partial charge is 0.269 e. The van der Waals surface area contributed by atoms with Gasteiger partial charge in [-0.25, -0.2) is 0 Å². The van der Waals surface area contributed by atoms with Gasteiger partial charge in [-0.2, -0.15) is 0 Å². The summed E-state index contributed by atoms with van der Waals surface area (Å²) in [6.45, 7) is 4.14. The molecular formula is C14H21N3O2. The third-order valence-corrected chi connectivity index (χ3v) is 3.88. The first kappa shape index (κ1) is 14.0. The van der Waals surface area contributed by atoms with E-state index >= 15 is 0 Å². The average molecular weight is 263 g/mol. The van der Waals surface area contributed by atoms with E-state index in [1.807, 2.05) is 12.1 Å². The lowest BCUT2D eigenvalue weighted by molar-refractivity contribution is -0.384. The Kier molecular flexibility index (Phi) is 4.50. The zero-order valence-electron chi connectivity index (χ0n) is 11.3. The molecule has 1 aliphatic heterocycles. The van der Waals surface area contributed by atoms with Gasteiger partial charge >= 0.3 is 0 Å². The fraction of sp³-hybridized carbons (Fsp3) is 0.571. The van der Waals surface area contributed by atoms with Crippen molar-refractivity contribution in [2.24, 2.45) is 5.73 Å². The Bertz CT molecular complexity index is 433. The van der Waals surface area contributed by atoms with E-state index < -0.39 is 0 Å². The lowest BCUT2D eigenvalue weighted by Gasteiger charge is -2.32. The molecule has 0 bridgehead atoms. The number of nitrogens with two attached hydrogens (primary N) is 1. The third-order valence-electron chi connectivity index (χ3n) is 3.88. The summed E-state index contributed by atoms with van der Waals surface area (Å²) in [4.78, 5) is 12.7. The molecule has 104 valence electrons. The number of non-ortho nitro benzene ring substituents is 1. The van der Waals surface area contributed by atoms with Crippen LogP contribution in [0.5, 0.6) is 0 Å². The van der Waals surface area contributed by atoms with Gasteiger partial charge in [0.2, 0.25) is 0 Å². The molecule has 1 heterocycles. The fourth-order valence-corrected chi connectivity index (χ4v) is 2.87. The van der Waals surface area contributed by atoms with Crippen LogP contribution in [0.4, 0.5) is 5.69 Å². The second-order valence-electron chi connectivity index (χ2n) is 5.08. The minimum absolute atomic E-state index is 0.101. The first-order valence-corrected chi connectivity index (χ1v) is 6.87. The van der Waals surface area contributed by atoms with E-state index in [0.717, 1.165) is 31.5 Å². The molecule has 1 aromatic rings. The number of nitrogens with zero attached hydrogens (tertiary/aromatic N) is 2. The summed E-state index contributed by atoms with van der Waals surface area (Å²) < 4.78 is 0. The molecule has 1 aliphatic rings. The van der Waals surface area contributed by atoms with E-state index in [0.29, 0.717) is 0 Å². The maximum Gasteiger partial charge on any atom is 0.269 e. The van der Waals surface area contributed by atoms with Crippen molar-refractivity contribution >= 4 is 5.69 Å². The molecule has 1 aromatic carbocycles. The quantitative estimate of drug-likeness (QED) is 0.671. The van der Waals surface area contributed by atoms with Gasteiger partial charge in [0, 0.05) is 24.2 Å². The van der Waals surface area contributed by atoms with Crippen molar-refractivity contribution in [3.05, 3.63) is 39.9 Å². The molecule has 0 radical (unpaired) electrons. The van der Waals surface area contributed by atoms with Crippen LogP contribution in [-0.4, -0.2) is 29.0 Å². The highest BCUT2D eigenvalue weighted by molar-refractivity contribution is 5.34. The fourth-order valence-electron chi connectivity index (χ4n) is 2.87. The molecule has 0 saturated carbocycles. The van der Waals surface area contributed by atoms with E-state index in [1.165, 1.54) is 6.42 Å². The van der Waals surface area contributed by atoms with Crippen molar-refractivity contribution in [2.75, 3.05) is 13.1 Å². The Labute approximate surface area is 113 Å². The van der Waals surface area contributed by atoms with E-state index in [9.17, 15) is 10.1 Å². The maximum atomic E-state index is 10.7. The van der Waals surface area contributed by atoms with Crippen LogP contribution in [0, 0.1) is 10.1 Å². The summed E-state index contributed by atoms with van der Waals surface area (Å²) in [7, 11) is 0. The molecule has 5 nitrogen and oxygen atoms in total. The summed E-state index contributed by atoms with van der Waals surface area (Å²) >= 11 is 0. The summed E-state index contributed by atoms with van der Waals surface area (Å²) in [5.41, 5.74) is 7.52. The first-order valence-electron chi connectivity index (χ1n) is 6.87. The standard InChI is InChI=1S/C14H21N3O2/c1-2-16-10-4-3-5-13(15)14(16)11-6-8-12(9-7-11)17(18)19/h6-9,13-14H,2-5,10,15H2,1H3. The van der Waals surface area contributed by atoms with Crippen LogP contribution in [0.25, 0.3) is 0 Å². The molecule has 0 spiro atoms. The summed E-state index contributed by atoms with van der Waals surface area (Å²) in [6, 6.07) is 7.10. The molecule has 0 aliphatic carbocycles. The van der Waals surface area contributed by atoms with E-state index in [1.54, 1.807) is 12.1 Å². The highest BCUT2D eigenvalue weighted by Crippen LogP contribution is 2.30. The number of benzene rings is 1. The number of nitro groups is 1. The molecule has 2 N–H and O–H groups in total. The van der Waals surface area contributed by atoms with Crippen molar-refractivity contribution in [2.45, 2.75) is 38.3 Å². The molecule has 1 fully saturated rings. The molecule has 2 atom stereocenters. The van der Waals surface area contributed by atoms with Gasteiger partial charge in [-0.1, -0.05) is 25.5 Å². The summed E-state index contributed by atoms with van der Waals surface area (Å²) in [5.74, 6) is 0. The average Bonchev–Trinajstić information content (AvgIpc) is 2.60. The molecule has 5 heteroatoms. The monoisotopic (exact) mass is 263 g/mol. The van der Waals surface area contributed by atoms with Gasteiger partial charge in [0.15, 0.2) is 0 Å². The second kappa shape index (κ2) is 6.12. The molecule has 2 rings (SSSR count). The normalized spacial score (nSPS) is 24.9. The van der Waals surface area contributed by atoms with Crippen molar-refractivity contribution in [3.63, 3.8) is 0 Å². The van der Waals surface area contributed by atoms with Gasteiger partial charge < -0.3 is 5.73 Å². The van der Waals surface area contributed by atoms with Crippen molar-refractivity contribution in [1.82, 2.24) is 4.90 Å². The van der Waals surface area contributed by atoms with Gasteiger partial charge in [-0.15, -0.1) is 0 Å². The highest BCUT2D eigenvalue weighted by Gasteiger charge is 2.27. The lowest BCUT2D eigenvalue weighted by Crippen LogP contribution is -2.39.